The van der Waals surface area contributed by atoms with Crippen LogP contribution in [0.4, 0.5) is 11.4 Å². The molecule has 82 valence electrons. The first-order valence-corrected chi connectivity index (χ1v) is 5.71. The molecule has 0 saturated heterocycles. The first-order chi connectivity index (χ1) is 7.27. The smallest absolute Gasteiger partial charge is 0.0573 e. The van der Waals surface area contributed by atoms with E-state index >= 15 is 0 Å². The van der Waals surface area contributed by atoms with Crippen LogP contribution in [0.3, 0.4) is 0 Å². The number of pyridine rings is 1. The molecule has 1 aromatic heterocycles. The van der Waals surface area contributed by atoms with E-state index in [1.54, 1.807) is 6.20 Å². The Balaban J connectivity index is 2.08. The molecule has 1 heterocycles. The number of anilines is 2. The van der Waals surface area contributed by atoms with Crippen LogP contribution in [0.5, 0.6) is 0 Å². The van der Waals surface area contributed by atoms with Crippen molar-refractivity contribution in [2.24, 2.45) is 0 Å². The zero-order chi connectivity index (χ0) is 10.7. The molecule has 1 aliphatic rings. The Morgan fingerprint density at radius 1 is 1.27 bits per heavy atom. The topological polar surface area (TPSA) is 42.2 Å². The minimum atomic E-state index is 0.669. The van der Waals surface area contributed by atoms with Crippen molar-refractivity contribution in [1.29, 1.82) is 0 Å². The summed E-state index contributed by atoms with van der Waals surface area (Å²) in [5.41, 5.74) is 7.62. The van der Waals surface area contributed by atoms with Gasteiger partial charge in [0.05, 0.1) is 17.6 Å². The van der Waals surface area contributed by atoms with Crippen molar-refractivity contribution in [3.63, 3.8) is 0 Å². The van der Waals surface area contributed by atoms with Gasteiger partial charge in [-0.25, -0.2) is 0 Å². The van der Waals surface area contributed by atoms with Crippen molar-refractivity contribution in [3.05, 3.63) is 18.5 Å². The summed E-state index contributed by atoms with van der Waals surface area (Å²) in [5, 5.41) is 0. The van der Waals surface area contributed by atoms with E-state index in [0.717, 1.165) is 11.4 Å². The second-order valence-corrected chi connectivity index (χ2v) is 4.38. The largest absolute Gasteiger partial charge is 0.397 e. The lowest BCUT2D eigenvalue weighted by molar-refractivity contribution is 0.427. The molecule has 0 bridgehead atoms. The van der Waals surface area contributed by atoms with E-state index in [0.29, 0.717) is 6.04 Å². The summed E-state index contributed by atoms with van der Waals surface area (Å²) < 4.78 is 0. The highest BCUT2D eigenvalue weighted by Crippen LogP contribution is 2.26. The van der Waals surface area contributed by atoms with E-state index in [-0.39, 0.29) is 0 Å². The predicted molar refractivity (Wildman–Crippen MR) is 63.9 cm³/mol. The van der Waals surface area contributed by atoms with E-state index in [1.807, 2.05) is 12.3 Å². The molecule has 0 atom stereocenters. The summed E-state index contributed by atoms with van der Waals surface area (Å²) in [7, 11) is 2.15. The fourth-order valence-electron chi connectivity index (χ4n) is 2.32. The Morgan fingerprint density at radius 3 is 2.67 bits per heavy atom. The molecule has 1 aromatic rings. The lowest BCUT2D eigenvalue weighted by atomic mass is 9.94. The van der Waals surface area contributed by atoms with Crippen LogP contribution >= 0.6 is 0 Å². The summed E-state index contributed by atoms with van der Waals surface area (Å²) >= 11 is 0. The maximum Gasteiger partial charge on any atom is 0.0573 e. The fraction of sp³-hybridized carbons (Fsp3) is 0.583. The monoisotopic (exact) mass is 205 g/mol. The van der Waals surface area contributed by atoms with Crippen molar-refractivity contribution < 1.29 is 0 Å². The van der Waals surface area contributed by atoms with E-state index < -0.39 is 0 Å². The molecule has 15 heavy (non-hydrogen) atoms. The van der Waals surface area contributed by atoms with E-state index in [9.17, 15) is 0 Å². The number of rotatable bonds is 2. The molecule has 0 radical (unpaired) electrons. The van der Waals surface area contributed by atoms with Gasteiger partial charge in [-0.15, -0.1) is 0 Å². The summed E-state index contributed by atoms with van der Waals surface area (Å²) in [5.74, 6) is 0. The second kappa shape index (κ2) is 4.51. The summed E-state index contributed by atoms with van der Waals surface area (Å²) in [4.78, 5) is 6.46. The van der Waals surface area contributed by atoms with Crippen LogP contribution < -0.4 is 10.6 Å². The third-order valence-electron chi connectivity index (χ3n) is 3.27. The van der Waals surface area contributed by atoms with Gasteiger partial charge in [0.2, 0.25) is 0 Å². The average Bonchev–Trinajstić information content (AvgIpc) is 2.29. The molecule has 0 spiro atoms. The SMILES string of the molecule is CN(c1cncc(N)c1)C1CCCCC1. The number of nitrogens with two attached hydrogens (primary N) is 1. The minimum absolute atomic E-state index is 0.669. The molecule has 0 unspecified atom stereocenters. The van der Waals surface area contributed by atoms with Gasteiger partial charge in [-0.2, -0.15) is 0 Å². The van der Waals surface area contributed by atoms with Crippen LogP contribution in [-0.4, -0.2) is 18.1 Å². The number of aromatic nitrogens is 1. The van der Waals surface area contributed by atoms with Crippen LogP contribution in [0.1, 0.15) is 32.1 Å². The van der Waals surface area contributed by atoms with Crippen molar-refractivity contribution in [3.8, 4) is 0 Å². The maximum atomic E-state index is 5.74. The van der Waals surface area contributed by atoms with Crippen molar-refractivity contribution in [2.75, 3.05) is 17.7 Å². The van der Waals surface area contributed by atoms with Crippen LogP contribution in [0.15, 0.2) is 18.5 Å². The number of nitrogens with zero attached hydrogens (tertiary/aromatic N) is 2. The molecule has 2 rings (SSSR count). The Morgan fingerprint density at radius 2 is 2.00 bits per heavy atom. The van der Waals surface area contributed by atoms with Gasteiger partial charge in [0.1, 0.15) is 0 Å². The predicted octanol–water partition coefficient (Wildman–Crippen LogP) is 2.43. The molecule has 3 nitrogen and oxygen atoms in total. The van der Waals surface area contributed by atoms with Crippen LogP contribution in [0.25, 0.3) is 0 Å². The molecule has 0 aromatic carbocycles. The lowest BCUT2D eigenvalue weighted by Gasteiger charge is -2.32. The van der Waals surface area contributed by atoms with Crippen LogP contribution in [0, 0.1) is 0 Å². The molecule has 2 N–H and O–H groups in total. The van der Waals surface area contributed by atoms with Gasteiger partial charge in [-0.3, -0.25) is 4.98 Å². The Kier molecular flexibility index (Phi) is 3.09. The first kappa shape index (κ1) is 10.3. The van der Waals surface area contributed by atoms with E-state index in [1.165, 1.54) is 32.1 Å². The van der Waals surface area contributed by atoms with Gasteiger partial charge >= 0.3 is 0 Å². The summed E-state index contributed by atoms with van der Waals surface area (Å²) in [6.45, 7) is 0. The van der Waals surface area contributed by atoms with Gasteiger partial charge in [0, 0.05) is 19.3 Å². The third kappa shape index (κ3) is 2.41. The minimum Gasteiger partial charge on any atom is -0.397 e. The molecule has 1 fully saturated rings. The zero-order valence-electron chi connectivity index (χ0n) is 9.32. The van der Waals surface area contributed by atoms with Gasteiger partial charge in [0.25, 0.3) is 0 Å². The highest BCUT2D eigenvalue weighted by Gasteiger charge is 2.18. The maximum absolute atomic E-state index is 5.74. The molecule has 1 aliphatic carbocycles. The first-order valence-electron chi connectivity index (χ1n) is 5.71. The number of nitrogen functional groups attached to an aromatic ring is 1. The molecule has 1 saturated carbocycles. The normalized spacial score (nSPS) is 17.7. The fourth-order valence-corrected chi connectivity index (χ4v) is 2.32. The van der Waals surface area contributed by atoms with E-state index in [2.05, 4.69) is 16.9 Å². The van der Waals surface area contributed by atoms with Gasteiger partial charge in [-0.1, -0.05) is 19.3 Å². The Hall–Kier alpha value is -1.25. The standard InChI is InChI=1S/C12H19N3/c1-15(11-5-3-2-4-6-11)12-7-10(13)8-14-9-12/h7-9,11H,2-6,13H2,1H3. The highest BCUT2D eigenvalue weighted by atomic mass is 15.1. The Bertz CT molecular complexity index is 318. The van der Waals surface area contributed by atoms with E-state index in [4.69, 9.17) is 5.73 Å². The van der Waals surface area contributed by atoms with Gasteiger partial charge in [0.15, 0.2) is 0 Å². The lowest BCUT2D eigenvalue weighted by Crippen LogP contribution is -2.33. The summed E-state index contributed by atoms with van der Waals surface area (Å²) in [6.07, 6.45) is 10.3. The van der Waals surface area contributed by atoms with Crippen LogP contribution in [0.2, 0.25) is 0 Å². The molecule has 0 aliphatic heterocycles. The number of hydrogen-bond donors (Lipinski definition) is 1. The number of hydrogen-bond acceptors (Lipinski definition) is 3. The molecule has 3 heteroatoms. The van der Waals surface area contributed by atoms with Gasteiger partial charge in [-0.05, 0) is 18.9 Å². The van der Waals surface area contributed by atoms with Gasteiger partial charge < -0.3 is 10.6 Å². The van der Waals surface area contributed by atoms with Crippen molar-refractivity contribution in [2.45, 2.75) is 38.1 Å². The highest BCUT2D eigenvalue weighted by molar-refractivity contribution is 5.53. The van der Waals surface area contributed by atoms with Crippen LogP contribution in [-0.2, 0) is 0 Å². The second-order valence-electron chi connectivity index (χ2n) is 4.38. The molecular weight excluding hydrogens is 186 g/mol. The van der Waals surface area contributed by atoms with Crippen molar-refractivity contribution >= 4 is 11.4 Å². The molecular formula is C12H19N3. The molecule has 0 amide bonds. The third-order valence-corrected chi connectivity index (χ3v) is 3.27. The quantitative estimate of drug-likeness (QED) is 0.806. The average molecular weight is 205 g/mol. The Labute approximate surface area is 91.3 Å². The summed E-state index contributed by atoms with van der Waals surface area (Å²) in [6, 6.07) is 2.67. The zero-order valence-corrected chi connectivity index (χ0v) is 9.32. The van der Waals surface area contributed by atoms with Crippen molar-refractivity contribution in [1.82, 2.24) is 4.98 Å².